The molecular weight excluding hydrogens is 213 g/mol. The van der Waals surface area contributed by atoms with E-state index in [-0.39, 0.29) is 23.1 Å². The Morgan fingerprint density at radius 3 is 2.85 bits per heavy atom. The summed E-state index contributed by atoms with van der Waals surface area (Å²) >= 11 is 1.16. The van der Waals surface area contributed by atoms with Gasteiger partial charge in [0.05, 0.1) is 0 Å². The predicted molar refractivity (Wildman–Crippen MR) is 54.4 cm³/mol. The Balaban J connectivity index is 0.00000144. The number of carbonyl (C=O) groups excluding carboxylic acids is 1. The molecule has 0 saturated heterocycles. The molecule has 0 aliphatic heterocycles. The molecule has 5 heteroatoms. The lowest BCUT2D eigenvalue weighted by Gasteiger charge is -1.96. The number of hydrogen-bond donors (Lipinski definition) is 1. The lowest BCUT2D eigenvalue weighted by Crippen LogP contribution is -2.12. The fraction of sp³-hybridized carbons (Fsp3) is 0.375. The molecule has 1 aromatic rings. The summed E-state index contributed by atoms with van der Waals surface area (Å²) in [6.45, 7) is 0.593. The van der Waals surface area contributed by atoms with E-state index in [1.165, 1.54) is 6.07 Å². The van der Waals surface area contributed by atoms with Gasteiger partial charge in [0.2, 0.25) is 0 Å². The maximum absolute atomic E-state index is 12.8. The van der Waals surface area contributed by atoms with Crippen molar-refractivity contribution >= 4 is 29.5 Å². The first-order chi connectivity index (χ1) is 5.75. The summed E-state index contributed by atoms with van der Waals surface area (Å²) in [5.74, 6) is -0.530. The first-order valence-corrected chi connectivity index (χ1v) is 4.54. The van der Waals surface area contributed by atoms with Crippen molar-refractivity contribution in [1.29, 1.82) is 0 Å². The highest BCUT2D eigenvalue weighted by atomic mass is 35.5. The van der Waals surface area contributed by atoms with Crippen LogP contribution in [0.25, 0.3) is 0 Å². The molecule has 0 spiro atoms. The lowest BCUT2D eigenvalue weighted by atomic mass is 10.2. The summed E-state index contributed by atoms with van der Waals surface area (Å²) in [6.07, 6.45) is 0.355. The van der Waals surface area contributed by atoms with E-state index in [1.54, 1.807) is 12.4 Å². The lowest BCUT2D eigenvalue weighted by molar-refractivity contribution is 0.0983. The van der Waals surface area contributed by atoms with Crippen LogP contribution in [0, 0.1) is 5.82 Å². The number of nitrogens with one attached hydrogen (secondary N) is 1. The Morgan fingerprint density at radius 2 is 2.38 bits per heavy atom. The van der Waals surface area contributed by atoms with Gasteiger partial charge in [-0.25, -0.2) is 4.39 Å². The fourth-order valence-corrected chi connectivity index (χ4v) is 1.58. The van der Waals surface area contributed by atoms with E-state index in [0.717, 1.165) is 11.3 Å². The topological polar surface area (TPSA) is 29.1 Å². The van der Waals surface area contributed by atoms with Gasteiger partial charge in [-0.2, -0.15) is 0 Å². The van der Waals surface area contributed by atoms with Gasteiger partial charge in [-0.1, -0.05) is 0 Å². The molecule has 0 radical (unpaired) electrons. The average Bonchev–Trinajstić information content (AvgIpc) is 2.47. The van der Waals surface area contributed by atoms with E-state index in [2.05, 4.69) is 5.32 Å². The zero-order valence-electron chi connectivity index (χ0n) is 7.17. The SMILES string of the molecule is CNCCC(=O)c1sccc1F.Cl. The highest BCUT2D eigenvalue weighted by Crippen LogP contribution is 2.16. The molecule has 2 nitrogen and oxygen atoms in total. The van der Waals surface area contributed by atoms with E-state index in [0.29, 0.717) is 13.0 Å². The maximum Gasteiger partial charge on any atom is 0.177 e. The second kappa shape index (κ2) is 6.07. The number of hydrogen-bond acceptors (Lipinski definition) is 3. The Hall–Kier alpha value is -0.450. The molecule has 1 aromatic heterocycles. The number of Topliss-reactive ketones (excluding diaryl/α,β-unsaturated/α-hetero) is 1. The zero-order chi connectivity index (χ0) is 8.97. The van der Waals surface area contributed by atoms with Crippen molar-refractivity contribution in [3.63, 3.8) is 0 Å². The normalized spacial score (nSPS) is 9.38. The summed E-state index contributed by atoms with van der Waals surface area (Å²) in [7, 11) is 1.76. The molecule has 0 aliphatic carbocycles. The smallest absolute Gasteiger partial charge is 0.177 e. The molecule has 1 N–H and O–H groups in total. The Morgan fingerprint density at radius 1 is 1.69 bits per heavy atom. The zero-order valence-corrected chi connectivity index (χ0v) is 8.80. The van der Waals surface area contributed by atoms with E-state index in [9.17, 15) is 9.18 Å². The van der Waals surface area contributed by atoms with Gasteiger partial charge in [-0.05, 0) is 18.5 Å². The average molecular weight is 224 g/mol. The molecule has 1 heterocycles. The number of thiophene rings is 1. The van der Waals surface area contributed by atoms with Crippen molar-refractivity contribution in [3.8, 4) is 0 Å². The molecule has 0 saturated carbocycles. The molecule has 0 aromatic carbocycles. The minimum atomic E-state index is -0.402. The minimum Gasteiger partial charge on any atom is -0.319 e. The Bertz CT molecular complexity index is 277. The number of carbonyl (C=O) groups is 1. The summed E-state index contributed by atoms with van der Waals surface area (Å²) in [6, 6.07) is 1.32. The number of halogens is 2. The first-order valence-electron chi connectivity index (χ1n) is 3.66. The second-order valence-electron chi connectivity index (χ2n) is 2.37. The van der Waals surface area contributed by atoms with Crippen LogP contribution in [0.5, 0.6) is 0 Å². The molecule has 0 bridgehead atoms. The summed E-state index contributed by atoms with van der Waals surface area (Å²) in [4.78, 5) is 11.5. The van der Waals surface area contributed by atoms with Gasteiger partial charge in [0.25, 0.3) is 0 Å². The maximum atomic E-state index is 12.8. The molecular formula is C8H11ClFNOS. The van der Waals surface area contributed by atoms with Crippen LogP contribution in [0.2, 0.25) is 0 Å². The highest BCUT2D eigenvalue weighted by molar-refractivity contribution is 7.12. The van der Waals surface area contributed by atoms with Gasteiger partial charge in [-0.3, -0.25) is 4.79 Å². The van der Waals surface area contributed by atoms with Crippen molar-refractivity contribution in [2.45, 2.75) is 6.42 Å². The summed E-state index contributed by atoms with van der Waals surface area (Å²) < 4.78 is 12.8. The quantitative estimate of drug-likeness (QED) is 0.793. The fourth-order valence-electron chi connectivity index (χ4n) is 0.845. The van der Waals surface area contributed by atoms with Crippen LogP contribution in [0.4, 0.5) is 4.39 Å². The van der Waals surface area contributed by atoms with Crippen LogP contribution in [-0.2, 0) is 0 Å². The minimum absolute atomic E-state index is 0. The third kappa shape index (κ3) is 3.42. The van der Waals surface area contributed by atoms with Crippen LogP contribution in [0.1, 0.15) is 16.1 Å². The van der Waals surface area contributed by atoms with E-state index >= 15 is 0 Å². The molecule has 74 valence electrons. The van der Waals surface area contributed by atoms with Crippen LogP contribution in [0.3, 0.4) is 0 Å². The van der Waals surface area contributed by atoms with E-state index in [4.69, 9.17) is 0 Å². The highest BCUT2D eigenvalue weighted by Gasteiger charge is 2.11. The Labute approximate surface area is 86.6 Å². The molecule has 13 heavy (non-hydrogen) atoms. The molecule has 0 atom stereocenters. The Kier molecular flexibility index (Phi) is 5.86. The van der Waals surface area contributed by atoms with Gasteiger partial charge in [0.15, 0.2) is 5.78 Å². The standard InChI is InChI=1S/C8H10FNOS.ClH/c1-10-4-2-7(11)8-6(9)3-5-12-8;/h3,5,10H,2,4H2,1H3;1H. The van der Waals surface area contributed by atoms with E-state index in [1.807, 2.05) is 0 Å². The third-order valence-electron chi connectivity index (χ3n) is 1.47. The molecule has 1 rings (SSSR count). The van der Waals surface area contributed by atoms with Crippen LogP contribution >= 0.6 is 23.7 Å². The molecule has 0 amide bonds. The van der Waals surface area contributed by atoms with Crippen LogP contribution in [-0.4, -0.2) is 19.4 Å². The summed E-state index contributed by atoms with van der Waals surface area (Å²) in [5, 5.41) is 4.43. The third-order valence-corrected chi connectivity index (χ3v) is 2.40. The first kappa shape index (κ1) is 12.6. The largest absolute Gasteiger partial charge is 0.319 e. The van der Waals surface area contributed by atoms with Gasteiger partial charge >= 0.3 is 0 Å². The van der Waals surface area contributed by atoms with Crippen molar-refractivity contribution in [2.24, 2.45) is 0 Å². The second-order valence-corrected chi connectivity index (χ2v) is 3.29. The van der Waals surface area contributed by atoms with Crippen molar-refractivity contribution in [2.75, 3.05) is 13.6 Å². The predicted octanol–water partition coefficient (Wildman–Crippen LogP) is 2.10. The van der Waals surface area contributed by atoms with Crippen molar-refractivity contribution in [3.05, 3.63) is 22.1 Å². The number of rotatable bonds is 4. The van der Waals surface area contributed by atoms with Crippen molar-refractivity contribution < 1.29 is 9.18 Å². The molecule has 0 unspecified atom stereocenters. The molecule has 0 fully saturated rings. The molecule has 0 aliphatic rings. The number of ketones is 1. The van der Waals surface area contributed by atoms with Gasteiger partial charge in [0, 0.05) is 13.0 Å². The van der Waals surface area contributed by atoms with Gasteiger partial charge < -0.3 is 5.32 Å². The van der Waals surface area contributed by atoms with Crippen LogP contribution in [0.15, 0.2) is 11.4 Å². The van der Waals surface area contributed by atoms with Crippen molar-refractivity contribution in [1.82, 2.24) is 5.32 Å². The summed E-state index contributed by atoms with van der Waals surface area (Å²) in [5.41, 5.74) is 0. The van der Waals surface area contributed by atoms with E-state index < -0.39 is 5.82 Å². The van der Waals surface area contributed by atoms with Gasteiger partial charge in [0.1, 0.15) is 10.7 Å². The van der Waals surface area contributed by atoms with Crippen LogP contribution < -0.4 is 5.32 Å². The monoisotopic (exact) mass is 223 g/mol. The van der Waals surface area contributed by atoms with Gasteiger partial charge in [-0.15, -0.1) is 23.7 Å².